The smallest absolute Gasteiger partial charge is 0.126 e. The lowest BCUT2D eigenvalue weighted by Crippen LogP contribution is -2.35. The molecule has 2 nitrogen and oxygen atoms in total. The summed E-state index contributed by atoms with van der Waals surface area (Å²) < 4.78 is 19.5. The van der Waals surface area contributed by atoms with E-state index in [-0.39, 0.29) is 5.82 Å². The van der Waals surface area contributed by atoms with Gasteiger partial charge in [0.25, 0.3) is 0 Å². The van der Waals surface area contributed by atoms with E-state index in [1.807, 2.05) is 42.5 Å². The fourth-order valence-corrected chi connectivity index (χ4v) is 3.34. The van der Waals surface area contributed by atoms with Crippen LogP contribution in [0.1, 0.15) is 24.8 Å². The summed E-state index contributed by atoms with van der Waals surface area (Å²) in [5.41, 5.74) is 0.830. The van der Waals surface area contributed by atoms with Gasteiger partial charge >= 0.3 is 0 Å². The van der Waals surface area contributed by atoms with Crippen LogP contribution in [-0.4, -0.2) is 31.1 Å². The zero-order chi connectivity index (χ0) is 16.6. The zero-order valence-electron chi connectivity index (χ0n) is 14.2. The van der Waals surface area contributed by atoms with E-state index in [4.69, 9.17) is 4.74 Å². The SMILES string of the molecule is Fc1ccccc1CCN1CCC(CCOc2ccccc2)CC1. The monoisotopic (exact) mass is 327 g/mol. The van der Waals surface area contributed by atoms with Crippen LogP contribution in [0.4, 0.5) is 4.39 Å². The summed E-state index contributed by atoms with van der Waals surface area (Å²) in [4.78, 5) is 2.46. The molecule has 0 saturated carbocycles. The molecule has 1 saturated heterocycles. The Bertz CT molecular complexity index is 608. The molecule has 1 heterocycles. The van der Waals surface area contributed by atoms with E-state index in [1.54, 1.807) is 12.1 Å². The lowest BCUT2D eigenvalue weighted by atomic mass is 9.93. The number of para-hydroxylation sites is 1. The fraction of sp³-hybridized carbons (Fsp3) is 0.429. The molecule has 0 amide bonds. The second-order valence-corrected chi connectivity index (χ2v) is 6.58. The van der Waals surface area contributed by atoms with Crippen LogP contribution in [-0.2, 0) is 6.42 Å². The highest BCUT2D eigenvalue weighted by atomic mass is 19.1. The number of piperidine rings is 1. The van der Waals surface area contributed by atoms with Crippen molar-refractivity contribution in [2.45, 2.75) is 25.7 Å². The second-order valence-electron chi connectivity index (χ2n) is 6.58. The van der Waals surface area contributed by atoms with Crippen LogP contribution in [0.5, 0.6) is 5.75 Å². The van der Waals surface area contributed by atoms with Crippen molar-refractivity contribution in [3.63, 3.8) is 0 Å². The van der Waals surface area contributed by atoms with Gasteiger partial charge in [-0.1, -0.05) is 36.4 Å². The zero-order valence-corrected chi connectivity index (χ0v) is 14.2. The Kier molecular flexibility index (Phi) is 6.25. The summed E-state index contributed by atoms with van der Waals surface area (Å²) in [5, 5.41) is 0. The maximum atomic E-state index is 13.7. The lowest BCUT2D eigenvalue weighted by molar-refractivity contribution is 0.164. The van der Waals surface area contributed by atoms with Crippen LogP contribution in [0.15, 0.2) is 54.6 Å². The molecular formula is C21H26FNO. The van der Waals surface area contributed by atoms with E-state index in [0.29, 0.717) is 0 Å². The number of ether oxygens (including phenoxy) is 1. The van der Waals surface area contributed by atoms with E-state index < -0.39 is 0 Å². The van der Waals surface area contributed by atoms with Crippen LogP contribution in [0.3, 0.4) is 0 Å². The van der Waals surface area contributed by atoms with E-state index in [2.05, 4.69) is 4.90 Å². The highest BCUT2D eigenvalue weighted by Crippen LogP contribution is 2.21. The summed E-state index contributed by atoms with van der Waals surface area (Å²) in [7, 11) is 0. The first-order valence-electron chi connectivity index (χ1n) is 8.95. The number of hydrogen-bond acceptors (Lipinski definition) is 2. The molecule has 0 spiro atoms. The second kappa shape index (κ2) is 8.84. The van der Waals surface area contributed by atoms with Crippen molar-refractivity contribution in [2.24, 2.45) is 5.92 Å². The molecule has 0 N–H and O–H groups in total. The highest BCUT2D eigenvalue weighted by Gasteiger charge is 2.19. The normalized spacial score (nSPS) is 16.2. The minimum Gasteiger partial charge on any atom is -0.494 e. The summed E-state index contributed by atoms with van der Waals surface area (Å²) in [5.74, 6) is 1.63. The van der Waals surface area contributed by atoms with Gasteiger partial charge in [0.2, 0.25) is 0 Å². The van der Waals surface area contributed by atoms with Crippen LogP contribution >= 0.6 is 0 Å². The van der Waals surface area contributed by atoms with Gasteiger partial charge in [0.15, 0.2) is 0 Å². The van der Waals surface area contributed by atoms with Crippen LogP contribution in [0.2, 0.25) is 0 Å². The minimum atomic E-state index is -0.0783. The predicted octanol–water partition coefficient (Wildman–Crippen LogP) is 4.55. The van der Waals surface area contributed by atoms with Gasteiger partial charge in [0, 0.05) is 6.54 Å². The molecule has 24 heavy (non-hydrogen) atoms. The molecule has 1 fully saturated rings. The van der Waals surface area contributed by atoms with Gasteiger partial charge < -0.3 is 9.64 Å². The molecule has 0 radical (unpaired) electrons. The molecule has 0 aliphatic carbocycles. The van der Waals surface area contributed by atoms with Crippen molar-refractivity contribution in [1.82, 2.24) is 4.90 Å². The molecule has 0 atom stereocenters. The summed E-state index contributed by atoms with van der Waals surface area (Å²) in [6.07, 6.45) is 4.36. The van der Waals surface area contributed by atoms with E-state index >= 15 is 0 Å². The Morgan fingerprint density at radius 2 is 1.67 bits per heavy atom. The maximum absolute atomic E-state index is 13.7. The lowest BCUT2D eigenvalue weighted by Gasteiger charge is -2.32. The van der Waals surface area contributed by atoms with Crippen molar-refractivity contribution in [2.75, 3.05) is 26.2 Å². The third kappa shape index (κ3) is 5.07. The Labute approximate surface area is 144 Å². The number of likely N-dealkylation sites (tertiary alicyclic amines) is 1. The van der Waals surface area contributed by atoms with Gasteiger partial charge in [-0.05, 0) is 68.5 Å². The van der Waals surface area contributed by atoms with Crippen LogP contribution < -0.4 is 4.74 Å². The Hall–Kier alpha value is -1.87. The quantitative estimate of drug-likeness (QED) is 0.740. The number of benzene rings is 2. The third-order valence-corrected chi connectivity index (χ3v) is 4.90. The van der Waals surface area contributed by atoms with Crippen molar-refractivity contribution in [3.8, 4) is 5.75 Å². The topological polar surface area (TPSA) is 12.5 Å². The third-order valence-electron chi connectivity index (χ3n) is 4.90. The number of hydrogen-bond donors (Lipinski definition) is 0. The van der Waals surface area contributed by atoms with E-state index in [9.17, 15) is 4.39 Å². The average Bonchev–Trinajstić information content (AvgIpc) is 2.63. The summed E-state index contributed by atoms with van der Waals surface area (Å²) in [6.45, 7) is 3.98. The number of nitrogens with zero attached hydrogens (tertiary/aromatic N) is 1. The van der Waals surface area contributed by atoms with Crippen molar-refractivity contribution in [1.29, 1.82) is 0 Å². The Balaban J connectivity index is 1.33. The summed E-state index contributed by atoms with van der Waals surface area (Å²) in [6, 6.07) is 17.1. The summed E-state index contributed by atoms with van der Waals surface area (Å²) >= 11 is 0. The molecule has 128 valence electrons. The average molecular weight is 327 g/mol. The molecule has 1 aliphatic rings. The minimum absolute atomic E-state index is 0.0783. The first-order chi connectivity index (χ1) is 11.8. The first-order valence-corrected chi connectivity index (χ1v) is 8.95. The van der Waals surface area contributed by atoms with Crippen molar-refractivity contribution in [3.05, 3.63) is 66.0 Å². The maximum Gasteiger partial charge on any atom is 0.126 e. The van der Waals surface area contributed by atoms with E-state index in [1.165, 1.54) is 12.8 Å². The van der Waals surface area contributed by atoms with Gasteiger partial charge in [-0.3, -0.25) is 0 Å². The molecule has 2 aromatic carbocycles. The Morgan fingerprint density at radius 1 is 0.958 bits per heavy atom. The van der Waals surface area contributed by atoms with Crippen molar-refractivity contribution < 1.29 is 9.13 Å². The molecular weight excluding hydrogens is 301 g/mol. The van der Waals surface area contributed by atoms with Gasteiger partial charge in [-0.2, -0.15) is 0 Å². The molecule has 0 bridgehead atoms. The number of halogens is 1. The molecule has 0 unspecified atom stereocenters. The fourth-order valence-electron chi connectivity index (χ4n) is 3.34. The van der Waals surface area contributed by atoms with E-state index in [0.717, 1.165) is 56.3 Å². The van der Waals surface area contributed by atoms with Gasteiger partial charge in [-0.15, -0.1) is 0 Å². The van der Waals surface area contributed by atoms with Gasteiger partial charge in [0.1, 0.15) is 11.6 Å². The Morgan fingerprint density at radius 3 is 2.42 bits per heavy atom. The first kappa shape index (κ1) is 17.0. The largest absolute Gasteiger partial charge is 0.494 e. The van der Waals surface area contributed by atoms with Gasteiger partial charge in [-0.25, -0.2) is 4.39 Å². The predicted molar refractivity (Wildman–Crippen MR) is 95.8 cm³/mol. The molecule has 1 aliphatic heterocycles. The number of rotatable bonds is 7. The molecule has 0 aromatic heterocycles. The van der Waals surface area contributed by atoms with Gasteiger partial charge in [0.05, 0.1) is 6.61 Å². The van der Waals surface area contributed by atoms with Crippen LogP contribution in [0, 0.1) is 11.7 Å². The van der Waals surface area contributed by atoms with Crippen LogP contribution in [0.25, 0.3) is 0 Å². The van der Waals surface area contributed by atoms with Crippen molar-refractivity contribution >= 4 is 0 Å². The highest BCUT2D eigenvalue weighted by molar-refractivity contribution is 5.20. The molecule has 3 rings (SSSR count). The standard InChI is InChI=1S/C21H26FNO/c22-21-9-5-4-6-19(21)12-16-23-14-10-18(11-15-23)13-17-24-20-7-2-1-3-8-20/h1-9,18H,10-17H2. The molecule has 2 aromatic rings. The molecule has 3 heteroatoms.